The minimum absolute atomic E-state index is 0.113. The maximum Gasteiger partial charge on any atom is 0.256 e. The molecule has 0 amide bonds. The first-order valence-electron chi connectivity index (χ1n) is 6.94. The number of fused-ring (bicyclic) bond motifs is 1. The lowest BCUT2D eigenvalue weighted by atomic mass is 10.1. The molecule has 0 bridgehead atoms. The largest absolute Gasteiger partial charge is 0.506 e. The van der Waals surface area contributed by atoms with Crippen LogP contribution in [0.4, 0.5) is 0 Å². The Morgan fingerprint density at radius 2 is 2.20 bits per heavy atom. The molecule has 2 heterocycles. The summed E-state index contributed by atoms with van der Waals surface area (Å²) in [5, 5.41) is 10.9. The van der Waals surface area contributed by atoms with Crippen LogP contribution in [-0.2, 0) is 0 Å². The van der Waals surface area contributed by atoms with Crippen molar-refractivity contribution in [3.8, 4) is 5.75 Å². The molecule has 0 spiro atoms. The molecule has 1 aromatic heterocycles. The summed E-state index contributed by atoms with van der Waals surface area (Å²) >= 11 is 1.70. The van der Waals surface area contributed by atoms with Gasteiger partial charge in [0.05, 0.1) is 5.39 Å². The molecule has 2 N–H and O–H groups in total. The van der Waals surface area contributed by atoms with Gasteiger partial charge in [0.2, 0.25) is 0 Å². The van der Waals surface area contributed by atoms with Gasteiger partial charge in [0.15, 0.2) is 0 Å². The number of pyridine rings is 1. The van der Waals surface area contributed by atoms with Crippen LogP contribution in [0.1, 0.15) is 26.2 Å². The summed E-state index contributed by atoms with van der Waals surface area (Å²) in [5.41, 5.74) is -0.160. The van der Waals surface area contributed by atoms with Gasteiger partial charge in [-0.3, -0.25) is 4.79 Å². The van der Waals surface area contributed by atoms with E-state index in [1.54, 1.807) is 11.9 Å². The third-order valence-electron chi connectivity index (χ3n) is 3.82. The summed E-state index contributed by atoms with van der Waals surface area (Å²) < 4.78 is 2.38. The number of hydrogen-bond acceptors (Lipinski definition) is 4. The van der Waals surface area contributed by atoms with Crippen molar-refractivity contribution in [2.24, 2.45) is 0 Å². The Kier molecular flexibility index (Phi) is 3.72. The van der Waals surface area contributed by atoms with Crippen LogP contribution in [0.5, 0.6) is 5.75 Å². The smallest absolute Gasteiger partial charge is 0.256 e. The number of hydrogen-bond donors (Lipinski definition) is 2. The minimum atomic E-state index is -0.160. The van der Waals surface area contributed by atoms with Gasteiger partial charge in [0.25, 0.3) is 5.56 Å². The first-order chi connectivity index (χ1) is 9.65. The van der Waals surface area contributed by atoms with Crippen molar-refractivity contribution >= 4 is 22.7 Å². The molecule has 5 heteroatoms. The average Bonchev–Trinajstić information content (AvgIpc) is 2.46. The molecule has 2 aromatic rings. The van der Waals surface area contributed by atoms with Gasteiger partial charge in [-0.15, -0.1) is 0 Å². The van der Waals surface area contributed by atoms with E-state index < -0.39 is 0 Å². The molecule has 1 aliphatic heterocycles. The molecule has 0 aliphatic carbocycles. The van der Waals surface area contributed by atoms with Crippen LogP contribution >= 0.6 is 11.9 Å². The Hall–Kier alpha value is -1.46. The van der Waals surface area contributed by atoms with Gasteiger partial charge in [-0.1, -0.05) is 6.42 Å². The molecule has 4 nitrogen and oxygen atoms in total. The second-order valence-electron chi connectivity index (χ2n) is 5.29. The lowest BCUT2D eigenvalue weighted by Gasteiger charge is -2.31. The fourth-order valence-corrected chi connectivity index (χ4v) is 3.70. The molecule has 1 unspecified atom stereocenters. The van der Waals surface area contributed by atoms with Gasteiger partial charge in [0, 0.05) is 29.1 Å². The summed E-state index contributed by atoms with van der Waals surface area (Å²) in [6.07, 6.45) is 5.09. The molecular weight excluding hydrogens is 272 g/mol. The maximum atomic E-state index is 11.9. The molecule has 1 fully saturated rings. The second kappa shape index (κ2) is 5.50. The SMILES string of the molecule is CC1CCCCN1Sc1ccc2c(O)c[nH]c(=O)c2c1. The van der Waals surface area contributed by atoms with Crippen molar-refractivity contribution in [1.82, 2.24) is 9.29 Å². The molecule has 1 saturated heterocycles. The highest BCUT2D eigenvalue weighted by Gasteiger charge is 2.19. The zero-order valence-corrected chi connectivity index (χ0v) is 12.2. The van der Waals surface area contributed by atoms with E-state index in [4.69, 9.17) is 0 Å². The Labute approximate surface area is 121 Å². The summed E-state index contributed by atoms with van der Waals surface area (Å²) in [6, 6.07) is 6.21. The summed E-state index contributed by atoms with van der Waals surface area (Å²) in [6.45, 7) is 3.33. The van der Waals surface area contributed by atoms with Gasteiger partial charge < -0.3 is 10.1 Å². The Morgan fingerprint density at radius 1 is 1.35 bits per heavy atom. The first kappa shape index (κ1) is 13.5. The molecule has 1 aliphatic rings. The Balaban J connectivity index is 1.93. The molecule has 3 rings (SSSR count). The normalized spacial score (nSPS) is 20.4. The van der Waals surface area contributed by atoms with E-state index in [1.807, 2.05) is 18.2 Å². The van der Waals surface area contributed by atoms with E-state index in [0.717, 1.165) is 11.4 Å². The first-order valence-corrected chi connectivity index (χ1v) is 7.71. The van der Waals surface area contributed by atoms with Crippen LogP contribution < -0.4 is 5.56 Å². The molecule has 20 heavy (non-hydrogen) atoms. The number of nitrogens with one attached hydrogen (secondary N) is 1. The van der Waals surface area contributed by atoms with E-state index in [9.17, 15) is 9.90 Å². The van der Waals surface area contributed by atoms with E-state index in [1.165, 1.54) is 25.5 Å². The number of aromatic nitrogens is 1. The van der Waals surface area contributed by atoms with E-state index in [2.05, 4.69) is 16.2 Å². The van der Waals surface area contributed by atoms with Crippen LogP contribution in [0.2, 0.25) is 0 Å². The number of rotatable bonds is 2. The molecule has 1 atom stereocenters. The van der Waals surface area contributed by atoms with Gasteiger partial charge >= 0.3 is 0 Å². The van der Waals surface area contributed by atoms with Gasteiger partial charge in [-0.25, -0.2) is 4.31 Å². The Bertz CT molecular complexity index is 683. The lowest BCUT2D eigenvalue weighted by Crippen LogP contribution is -2.31. The monoisotopic (exact) mass is 290 g/mol. The summed E-state index contributed by atoms with van der Waals surface area (Å²) in [5.74, 6) is 0.113. The quantitative estimate of drug-likeness (QED) is 0.834. The molecular formula is C15H18N2O2S. The fraction of sp³-hybridized carbons (Fsp3) is 0.400. The fourth-order valence-electron chi connectivity index (χ4n) is 2.62. The minimum Gasteiger partial charge on any atom is -0.506 e. The number of piperidine rings is 1. The van der Waals surface area contributed by atoms with Crippen molar-refractivity contribution in [3.63, 3.8) is 0 Å². The lowest BCUT2D eigenvalue weighted by molar-refractivity contribution is 0.292. The number of benzene rings is 1. The van der Waals surface area contributed by atoms with E-state index in [-0.39, 0.29) is 11.3 Å². The van der Waals surface area contributed by atoms with Crippen LogP contribution in [0.3, 0.4) is 0 Å². The van der Waals surface area contributed by atoms with Gasteiger partial charge in [-0.05, 0) is 49.9 Å². The second-order valence-corrected chi connectivity index (χ2v) is 6.41. The highest BCUT2D eigenvalue weighted by molar-refractivity contribution is 7.97. The maximum absolute atomic E-state index is 11.9. The molecule has 1 aromatic carbocycles. The number of H-pyrrole nitrogens is 1. The van der Waals surface area contributed by atoms with Crippen molar-refractivity contribution in [2.75, 3.05) is 6.54 Å². The molecule has 0 radical (unpaired) electrons. The number of aromatic amines is 1. The van der Waals surface area contributed by atoms with Crippen LogP contribution in [0.25, 0.3) is 10.8 Å². The van der Waals surface area contributed by atoms with Crippen LogP contribution in [0, 0.1) is 0 Å². The molecule has 0 saturated carbocycles. The third-order valence-corrected chi connectivity index (χ3v) is 5.06. The van der Waals surface area contributed by atoms with Crippen LogP contribution in [0.15, 0.2) is 34.1 Å². The standard InChI is InChI=1S/C15H18N2O2S/c1-10-4-2-3-7-17(10)20-11-5-6-12-13(8-11)15(19)16-9-14(12)18/h5-6,8-10,18H,2-4,7H2,1H3,(H,16,19). The number of aromatic hydroxyl groups is 1. The zero-order valence-electron chi connectivity index (χ0n) is 11.4. The number of nitrogens with zero attached hydrogens (tertiary/aromatic N) is 1. The highest BCUT2D eigenvalue weighted by Crippen LogP contribution is 2.32. The van der Waals surface area contributed by atoms with Crippen molar-refractivity contribution in [3.05, 3.63) is 34.7 Å². The topological polar surface area (TPSA) is 56.3 Å². The predicted molar refractivity (Wildman–Crippen MR) is 82.1 cm³/mol. The predicted octanol–water partition coefficient (Wildman–Crippen LogP) is 3.12. The van der Waals surface area contributed by atoms with Crippen molar-refractivity contribution in [2.45, 2.75) is 37.1 Å². The van der Waals surface area contributed by atoms with Crippen LogP contribution in [-0.4, -0.2) is 27.0 Å². The van der Waals surface area contributed by atoms with Crippen molar-refractivity contribution in [1.29, 1.82) is 0 Å². The Morgan fingerprint density at radius 3 is 3.00 bits per heavy atom. The summed E-state index contributed by atoms with van der Waals surface area (Å²) in [7, 11) is 0. The van der Waals surface area contributed by atoms with E-state index >= 15 is 0 Å². The summed E-state index contributed by atoms with van der Waals surface area (Å²) in [4.78, 5) is 15.4. The molecule has 106 valence electrons. The van der Waals surface area contributed by atoms with Gasteiger partial charge in [-0.2, -0.15) is 0 Å². The zero-order chi connectivity index (χ0) is 14.1. The third kappa shape index (κ3) is 2.55. The van der Waals surface area contributed by atoms with E-state index in [0.29, 0.717) is 16.8 Å². The van der Waals surface area contributed by atoms with Gasteiger partial charge in [0.1, 0.15) is 5.75 Å². The highest BCUT2D eigenvalue weighted by atomic mass is 32.2. The van der Waals surface area contributed by atoms with Crippen molar-refractivity contribution < 1.29 is 5.11 Å². The average molecular weight is 290 g/mol.